The second kappa shape index (κ2) is 18.4. The minimum atomic E-state index is -0.601. The van der Waals surface area contributed by atoms with Crippen LogP contribution in [0.1, 0.15) is 44.5 Å². The largest absolute Gasteiger partial charge is 0.457 e. The van der Waals surface area contributed by atoms with Gasteiger partial charge >= 0.3 is 0 Å². The number of ether oxygens (including phenoxy) is 2. The Morgan fingerprint density at radius 3 is 1.19 bits per heavy atom. The molecule has 0 N–H and O–H groups in total. The Balaban J connectivity index is 0.844. The Morgan fingerprint density at radius 1 is 0.217 bits per heavy atom. The lowest BCUT2D eigenvalue weighted by Gasteiger charge is -2.39. The van der Waals surface area contributed by atoms with E-state index in [1.165, 1.54) is 72.3 Å². The zero-order chi connectivity index (χ0) is 54.6. The molecule has 0 bridgehead atoms. The van der Waals surface area contributed by atoms with Crippen LogP contribution in [-0.4, -0.2) is 0 Å². The third-order valence-corrected chi connectivity index (χ3v) is 18.1. The average Bonchev–Trinajstić information content (AvgIpc) is 1.96. The lowest BCUT2D eigenvalue weighted by atomic mass is 9.66. The first-order chi connectivity index (χ1) is 41.2. The van der Waals surface area contributed by atoms with E-state index in [9.17, 15) is 0 Å². The fourth-order valence-corrected chi connectivity index (χ4v) is 14.7. The highest BCUT2D eigenvalue weighted by molar-refractivity contribution is 6.02. The summed E-state index contributed by atoms with van der Waals surface area (Å²) in [6.45, 7) is 0. The van der Waals surface area contributed by atoms with Crippen molar-refractivity contribution in [1.29, 1.82) is 0 Å². The van der Waals surface area contributed by atoms with E-state index in [0.717, 1.165) is 79.0 Å². The van der Waals surface area contributed by atoms with E-state index < -0.39 is 10.8 Å². The summed E-state index contributed by atoms with van der Waals surface area (Å²) in [7, 11) is 0. The molecule has 2 spiro atoms. The molecule has 0 saturated carbocycles. The number of nitrogens with zero attached hydrogens (tertiary/aromatic N) is 1. The minimum Gasteiger partial charge on any atom is -0.457 e. The number of anilines is 3. The molecule has 13 aromatic carbocycles. The van der Waals surface area contributed by atoms with Crippen molar-refractivity contribution in [2.24, 2.45) is 0 Å². The van der Waals surface area contributed by atoms with Crippen LogP contribution >= 0.6 is 0 Å². The first-order valence-corrected chi connectivity index (χ1v) is 28.6. The van der Waals surface area contributed by atoms with Crippen LogP contribution in [0.2, 0.25) is 0 Å². The molecule has 0 amide bonds. The number of hydrogen-bond donors (Lipinski definition) is 0. The van der Waals surface area contributed by atoms with Gasteiger partial charge in [0.25, 0.3) is 0 Å². The van der Waals surface area contributed by atoms with Crippen molar-refractivity contribution in [2.45, 2.75) is 10.8 Å². The summed E-state index contributed by atoms with van der Waals surface area (Å²) in [5.41, 5.74) is 25.9. The average molecular weight is 1060 g/mol. The molecule has 4 aliphatic rings. The standard InChI is InChI=1S/C80H51NO2/c1-2-21-52(22-3-1)53-41-43-55(44-42-53)58-23-6-14-35-72(58)81(57-48-45-54(46-49-57)56-47-50-66-63(51-56)59-24-4-8-28-64(59)79(66)67-30-10-16-37-74(67)82-75-38-17-11-31-68(75)79)73-36-15-7-25-60(73)61-27-20-34-71-78(61)62-26-5-9-29-65(62)80(71)69-32-12-18-39-76(69)83-77-40-19-13-33-70(77)80/h1-51H. The summed E-state index contributed by atoms with van der Waals surface area (Å²) >= 11 is 0. The maximum Gasteiger partial charge on any atom is 0.132 e. The zero-order valence-corrected chi connectivity index (χ0v) is 45.2. The molecule has 0 aromatic heterocycles. The molecule has 0 saturated heterocycles. The minimum absolute atomic E-state index is 0.524. The van der Waals surface area contributed by atoms with Crippen molar-refractivity contribution in [3.8, 4) is 89.8 Å². The number of fused-ring (bicyclic) bond motifs is 18. The molecular formula is C80H51NO2. The quantitative estimate of drug-likeness (QED) is 0.159. The van der Waals surface area contributed by atoms with Crippen LogP contribution in [-0.2, 0) is 10.8 Å². The number of rotatable bonds is 7. The second-order valence-electron chi connectivity index (χ2n) is 22.1. The third-order valence-electron chi connectivity index (χ3n) is 18.1. The Bertz CT molecular complexity index is 4660. The van der Waals surface area contributed by atoms with Gasteiger partial charge < -0.3 is 14.4 Å². The van der Waals surface area contributed by atoms with E-state index in [1.54, 1.807) is 0 Å². The highest BCUT2D eigenvalue weighted by Gasteiger charge is 2.53. The SMILES string of the molecule is c1ccc(-c2ccc(-c3ccccc3N(c3ccc(-c4ccc5c(c4)-c4ccccc4C54c5ccccc5Oc5ccccc54)cc3)c3ccccc3-c3cccc4c3-c3ccccc3C43c4ccccc4Oc4ccccc43)cc2)cc1. The molecule has 2 aliphatic heterocycles. The Hall–Kier alpha value is -10.7. The smallest absolute Gasteiger partial charge is 0.132 e. The van der Waals surface area contributed by atoms with Gasteiger partial charge in [0, 0.05) is 39.1 Å². The van der Waals surface area contributed by atoms with Crippen LogP contribution < -0.4 is 14.4 Å². The van der Waals surface area contributed by atoms with Crippen molar-refractivity contribution in [1.82, 2.24) is 0 Å². The maximum atomic E-state index is 6.74. The second-order valence-corrected chi connectivity index (χ2v) is 22.1. The van der Waals surface area contributed by atoms with E-state index in [-0.39, 0.29) is 0 Å². The fraction of sp³-hybridized carbons (Fsp3) is 0.0250. The summed E-state index contributed by atoms with van der Waals surface area (Å²) in [5.74, 6) is 3.55. The van der Waals surface area contributed by atoms with E-state index in [1.807, 2.05) is 0 Å². The monoisotopic (exact) mass is 1060 g/mol. The van der Waals surface area contributed by atoms with Crippen molar-refractivity contribution >= 4 is 17.1 Å². The first-order valence-electron chi connectivity index (χ1n) is 28.6. The van der Waals surface area contributed by atoms with Crippen LogP contribution in [0.15, 0.2) is 309 Å². The van der Waals surface area contributed by atoms with Crippen LogP contribution in [0.4, 0.5) is 17.1 Å². The van der Waals surface area contributed by atoms with Gasteiger partial charge in [-0.05, 0) is 132 Å². The van der Waals surface area contributed by atoms with Crippen molar-refractivity contribution in [2.75, 3.05) is 4.90 Å². The third kappa shape index (κ3) is 6.80. The molecule has 13 aromatic rings. The first kappa shape index (κ1) is 47.1. The van der Waals surface area contributed by atoms with E-state index in [4.69, 9.17) is 9.47 Å². The number of benzene rings is 13. The van der Waals surface area contributed by atoms with E-state index in [0.29, 0.717) is 0 Å². The topological polar surface area (TPSA) is 21.7 Å². The van der Waals surface area contributed by atoms with Gasteiger partial charge in [-0.1, -0.05) is 255 Å². The Kier molecular flexibility index (Phi) is 10.4. The molecular weight excluding hydrogens is 1010 g/mol. The van der Waals surface area contributed by atoms with Gasteiger partial charge in [0.2, 0.25) is 0 Å². The van der Waals surface area contributed by atoms with Crippen molar-refractivity contribution in [3.63, 3.8) is 0 Å². The Labute approximate surface area is 483 Å². The van der Waals surface area contributed by atoms with E-state index >= 15 is 0 Å². The molecule has 0 atom stereocenters. The van der Waals surface area contributed by atoms with Gasteiger partial charge in [0.15, 0.2) is 0 Å². The molecule has 0 fully saturated rings. The summed E-state index contributed by atoms with van der Waals surface area (Å²) in [4.78, 5) is 2.48. The maximum absolute atomic E-state index is 6.74. The normalized spacial score (nSPS) is 13.7. The highest BCUT2D eigenvalue weighted by atomic mass is 16.5. The highest BCUT2D eigenvalue weighted by Crippen LogP contribution is 2.65. The van der Waals surface area contributed by atoms with Gasteiger partial charge in [0.1, 0.15) is 23.0 Å². The van der Waals surface area contributed by atoms with Crippen LogP contribution in [0.3, 0.4) is 0 Å². The zero-order valence-electron chi connectivity index (χ0n) is 45.2. The summed E-state index contributed by atoms with van der Waals surface area (Å²) in [5, 5.41) is 0. The summed E-state index contributed by atoms with van der Waals surface area (Å²) in [6, 6.07) is 113. The van der Waals surface area contributed by atoms with Crippen LogP contribution in [0.5, 0.6) is 23.0 Å². The molecule has 2 heterocycles. The molecule has 388 valence electrons. The lowest BCUT2D eigenvalue weighted by molar-refractivity contribution is 0.436. The number of hydrogen-bond acceptors (Lipinski definition) is 3. The van der Waals surface area contributed by atoms with E-state index in [2.05, 4.69) is 314 Å². The molecule has 0 unspecified atom stereocenters. The predicted octanol–water partition coefficient (Wildman–Crippen LogP) is 20.8. The molecule has 83 heavy (non-hydrogen) atoms. The van der Waals surface area contributed by atoms with Gasteiger partial charge in [-0.3, -0.25) is 0 Å². The van der Waals surface area contributed by atoms with Crippen LogP contribution in [0, 0.1) is 0 Å². The predicted molar refractivity (Wildman–Crippen MR) is 338 cm³/mol. The Morgan fingerprint density at radius 2 is 0.590 bits per heavy atom. The summed E-state index contributed by atoms with van der Waals surface area (Å²) in [6.07, 6.45) is 0. The van der Waals surface area contributed by atoms with Crippen molar-refractivity contribution in [3.05, 3.63) is 354 Å². The fourth-order valence-electron chi connectivity index (χ4n) is 14.7. The molecule has 3 heteroatoms. The van der Waals surface area contributed by atoms with Crippen molar-refractivity contribution < 1.29 is 9.47 Å². The molecule has 17 rings (SSSR count). The number of para-hydroxylation sites is 6. The van der Waals surface area contributed by atoms with Gasteiger partial charge in [0.05, 0.1) is 22.2 Å². The van der Waals surface area contributed by atoms with Gasteiger partial charge in [-0.25, -0.2) is 0 Å². The molecule has 2 aliphatic carbocycles. The molecule has 0 radical (unpaired) electrons. The van der Waals surface area contributed by atoms with Crippen LogP contribution in [0.25, 0.3) is 66.8 Å². The molecule has 3 nitrogen and oxygen atoms in total. The lowest BCUT2D eigenvalue weighted by Crippen LogP contribution is -2.32. The van der Waals surface area contributed by atoms with Gasteiger partial charge in [-0.2, -0.15) is 0 Å². The van der Waals surface area contributed by atoms with Gasteiger partial charge in [-0.15, -0.1) is 0 Å². The summed E-state index contributed by atoms with van der Waals surface area (Å²) < 4.78 is 13.4.